The van der Waals surface area contributed by atoms with Gasteiger partial charge in [-0.25, -0.2) is 9.18 Å². The largest absolute Gasteiger partial charge is 0.441 e. The van der Waals surface area contributed by atoms with Gasteiger partial charge in [-0.3, -0.25) is 5.32 Å². The predicted molar refractivity (Wildman–Crippen MR) is 150 cm³/mol. The van der Waals surface area contributed by atoms with Crippen LogP contribution in [0.15, 0.2) is 66.7 Å². The van der Waals surface area contributed by atoms with Gasteiger partial charge in [0.15, 0.2) is 0 Å². The van der Waals surface area contributed by atoms with E-state index in [1.54, 1.807) is 31.2 Å². The molecule has 1 aliphatic rings. The standard InChI is InChI=1S/C31H31FN4O3/c1-20(2)36-29-18-26(35-14-16-38-17-15-35)12-13-27(29)28(19-33)30(36)23-6-10-25(11-7-23)34-31(37)39-21(3)22-4-8-24(32)9-5-22/h4-13,18,20-21H,14-17H2,1-3H3,(H,34,37). The number of nitrogens with zero attached hydrogens (tertiary/aromatic N) is 3. The maximum absolute atomic E-state index is 13.2. The van der Waals surface area contributed by atoms with E-state index in [0.717, 1.165) is 40.9 Å². The first-order valence-electron chi connectivity index (χ1n) is 13.1. The molecule has 5 rings (SSSR count). The van der Waals surface area contributed by atoms with Gasteiger partial charge in [-0.15, -0.1) is 0 Å². The SMILES string of the molecule is CC(OC(=O)Nc1ccc(-c2c(C#N)c3ccc(N4CCOCC4)cc3n2C(C)C)cc1)c1ccc(F)cc1. The molecule has 1 unspecified atom stereocenters. The van der Waals surface area contributed by atoms with Crippen LogP contribution in [0.5, 0.6) is 0 Å². The molecule has 3 aromatic carbocycles. The molecular formula is C31H31FN4O3. The molecule has 1 fully saturated rings. The molecule has 1 N–H and O–H groups in total. The zero-order valence-electron chi connectivity index (χ0n) is 22.3. The summed E-state index contributed by atoms with van der Waals surface area (Å²) in [5, 5.41) is 13.8. The number of amides is 1. The number of carbonyl (C=O) groups is 1. The first kappa shape index (κ1) is 26.3. The summed E-state index contributed by atoms with van der Waals surface area (Å²) < 4.78 is 26.4. The van der Waals surface area contributed by atoms with E-state index in [-0.39, 0.29) is 11.9 Å². The fourth-order valence-electron chi connectivity index (χ4n) is 5.07. The topological polar surface area (TPSA) is 79.5 Å². The lowest BCUT2D eigenvalue weighted by Gasteiger charge is -2.29. The summed E-state index contributed by atoms with van der Waals surface area (Å²) in [6, 6.07) is 22.1. The van der Waals surface area contributed by atoms with Gasteiger partial charge < -0.3 is 18.9 Å². The fourth-order valence-corrected chi connectivity index (χ4v) is 5.07. The van der Waals surface area contributed by atoms with E-state index >= 15 is 0 Å². The van der Waals surface area contributed by atoms with Crippen LogP contribution in [-0.4, -0.2) is 37.0 Å². The third kappa shape index (κ3) is 5.45. The van der Waals surface area contributed by atoms with Gasteiger partial charge in [-0.1, -0.05) is 24.3 Å². The van der Waals surface area contributed by atoms with Gasteiger partial charge in [0.1, 0.15) is 18.0 Å². The van der Waals surface area contributed by atoms with Gasteiger partial charge in [0.2, 0.25) is 0 Å². The number of ether oxygens (including phenoxy) is 2. The number of aromatic nitrogens is 1. The second-order valence-electron chi connectivity index (χ2n) is 9.90. The summed E-state index contributed by atoms with van der Waals surface area (Å²) in [5.41, 5.74) is 5.75. The number of fused-ring (bicyclic) bond motifs is 1. The number of halogens is 1. The summed E-state index contributed by atoms with van der Waals surface area (Å²) in [4.78, 5) is 14.8. The fraction of sp³-hybridized carbons (Fsp3) is 0.290. The number of hydrogen-bond acceptors (Lipinski definition) is 5. The smallest absolute Gasteiger partial charge is 0.412 e. The Bertz CT molecular complexity index is 1510. The van der Waals surface area contributed by atoms with E-state index < -0.39 is 12.2 Å². The molecule has 0 aliphatic carbocycles. The Kier molecular flexibility index (Phi) is 7.53. The summed E-state index contributed by atoms with van der Waals surface area (Å²) in [5.74, 6) is -0.343. The van der Waals surface area contributed by atoms with Gasteiger partial charge in [-0.05, 0) is 74.4 Å². The van der Waals surface area contributed by atoms with Crippen LogP contribution in [0.25, 0.3) is 22.2 Å². The average Bonchev–Trinajstić information content (AvgIpc) is 3.28. The highest BCUT2D eigenvalue weighted by molar-refractivity contribution is 5.96. The van der Waals surface area contributed by atoms with Gasteiger partial charge >= 0.3 is 6.09 Å². The molecule has 1 aromatic heterocycles. The van der Waals surface area contributed by atoms with Crippen molar-refractivity contribution in [2.24, 2.45) is 0 Å². The number of rotatable bonds is 6. The minimum absolute atomic E-state index is 0.116. The quantitative estimate of drug-likeness (QED) is 0.291. The van der Waals surface area contributed by atoms with Crippen molar-refractivity contribution in [1.82, 2.24) is 4.57 Å². The number of benzene rings is 3. The highest BCUT2D eigenvalue weighted by Gasteiger charge is 2.22. The van der Waals surface area contributed by atoms with Crippen molar-refractivity contribution in [3.8, 4) is 17.3 Å². The molecule has 0 saturated carbocycles. The normalized spacial score (nSPS) is 14.3. The van der Waals surface area contributed by atoms with Crippen molar-refractivity contribution in [3.05, 3.63) is 83.7 Å². The summed E-state index contributed by atoms with van der Waals surface area (Å²) >= 11 is 0. The van der Waals surface area contributed by atoms with E-state index in [1.165, 1.54) is 12.1 Å². The van der Waals surface area contributed by atoms with Crippen LogP contribution in [-0.2, 0) is 9.47 Å². The molecule has 0 spiro atoms. The maximum atomic E-state index is 13.2. The van der Waals surface area contributed by atoms with Crippen LogP contribution in [0.2, 0.25) is 0 Å². The number of carbonyl (C=O) groups excluding carboxylic acids is 1. The molecule has 200 valence electrons. The van der Waals surface area contributed by atoms with Crippen molar-refractivity contribution in [2.45, 2.75) is 32.9 Å². The van der Waals surface area contributed by atoms with Crippen LogP contribution in [0, 0.1) is 17.1 Å². The van der Waals surface area contributed by atoms with Crippen molar-refractivity contribution in [1.29, 1.82) is 5.26 Å². The molecule has 8 heteroatoms. The first-order chi connectivity index (χ1) is 18.9. The minimum atomic E-state index is -0.607. The molecule has 4 aromatic rings. The Morgan fingerprint density at radius 3 is 2.36 bits per heavy atom. The van der Waals surface area contributed by atoms with Gasteiger partial charge in [-0.2, -0.15) is 5.26 Å². The Morgan fingerprint density at radius 2 is 1.72 bits per heavy atom. The van der Waals surface area contributed by atoms with E-state index in [2.05, 4.69) is 46.8 Å². The zero-order chi connectivity index (χ0) is 27.5. The molecular weight excluding hydrogens is 495 g/mol. The highest BCUT2D eigenvalue weighted by Crippen LogP contribution is 2.38. The molecule has 7 nitrogen and oxygen atoms in total. The number of nitriles is 1. The molecule has 0 radical (unpaired) electrons. The van der Waals surface area contributed by atoms with Crippen molar-refractivity contribution >= 4 is 28.4 Å². The average molecular weight is 527 g/mol. The molecule has 1 atom stereocenters. The first-order valence-corrected chi connectivity index (χ1v) is 13.1. The Hall–Kier alpha value is -4.35. The van der Waals surface area contributed by atoms with Crippen LogP contribution in [0.4, 0.5) is 20.6 Å². The second kappa shape index (κ2) is 11.2. The van der Waals surface area contributed by atoms with E-state index in [4.69, 9.17) is 9.47 Å². The molecule has 0 bridgehead atoms. The molecule has 1 aliphatic heterocycles. The number of hydrogen-bond donors (Lipinski definition) is 1. The minimum Gasteiger partial charge on any atom is -0.441 e. The van der Waals surface area contributed by atoms with Crippen molar-refractivity contribution < 1.29 is 18.7 Å². The van der Waals surface area contributed by atoms with Gasteiger partial charge in [0.25, 0.3) is 0 Å². The summed E-state index contributed by atoms with van der Waals surface area (Å²) in [6.07, 6.45) is -1.14. The third-order valence-corrected chi connectivity index (χ3v) is 7.02. The molecule has 1 saturated heterocycles. The lowest BCUT2D eigenvalue weighted by Crippen LogP contribution is -2.36. The van der Waals surface area contributed by atoms with Gasteiger partial charge in [0.05, 0.1) is 30.0 Å². The Balaban J connectivity index is 1.41. The highest BCUT2D eigenvalue weighted by atomic mass is 19.1. The zero-order valence-corrected chi connectivity index (χ0v) is 22.3. The summed E-state index contributed by atoms with van der Waals surface area (Å²) in [7, 11) is 0. The monoisotopic (exact) mass is 526 g/mol. The lowest BCUT2D eigenvalue weighted by atomic mass is 10.1. The van der Waals surface area contributed by atoms with E-state index in [0.29, 0.717) is 30.0 Å². The molecule has 1 amide bonds. The maximum Gasteiger partial charge on any atom is 0.412 e. The van der Waals surface area contributed by atoms with E-state index in [1.807, 2.05) is 18.2 Å². The Morgan fingerprint density at radius 1 is 1.03 bits per heavy atom. The Labute approximate surface area is 227 Å². The number of anilines is 2. The number of nitrogens with one attached hydrogen (secondary N) is 1. The predicted octanol–water partition coefficient (Wildman–Crippen LogP) is 7.05. The third-order valence-electron chi connectivity index (χ3n) is 7.02. The van der Waals surface area contributed by atoms with Crippen LogP contribution < -0.4 is 10.2 Å². The summed E-state index contributed by atoms with van der Waals surface area (Å²) in [6.45, 7) is 9.04. The molecule has 2 heterocycles. The number of morpholine rings is 1. The second-order valence-corrected chi connectivity index (χ2v) is 9.90. The van der Waals surface area contributed by atoms with Gasteiger partial charge in [0, 0.05) is 35.9 Å². The van der Waals surface area contributed by atoms with Crippen LogP contribution in [0.3, 0.4) is 0 Å². The van der Waals surface area contributed by atoms with Crippen molar-refractivity contribution in [3.63, 3.8) is 0 Å². The van der Waals surface area contributed by atoms with Crippen molar-refractivity contribution in [2.75, 3.05) is 36.5 Å². The van der Waals surface area contributed by atoms with Crippen LogP contribution >= 0.6 is 0 Å². The molecule has 39 heavy (non-hydrogen) atoms. The van der Waals surface area contributed by atoms with Crippen LogP contribution in [0.1, 0.15) is 44.0 Å². The van der Waals surface area contributed by atoms with E-state index in [9.17, 15) is 14.4 Å². The lowest BCUT2D eigenvalue weighted by molar-refractivity contribution is 0.121.